The second kappa shape index (κ2) is 7.48. The van der Waals surface area contributed by atoms with Crippen molar-refractivity contribution >= 4 is 0 Å². The molecule has 0 radical (unpaired) electrons. The van der Waals surface area contributed by atoms with Crippen molar-refractivity contribution in [2.24, 2.45) is 11.3 Å². The van der Waals surface area contributed by atoms with E-state index in [2.05, 4.69) is 0 Å². The highest BCUT2D eigenvalue weighted by Gasteiger charge is 2.52. The molecule has 6 N–H and O–H groups in total. The molecule has 0 spiro atoms. The van der Waals surface area contributed by atoms with E-state index in [4.69, 9.17) is 14.2 Å². The average molecular weight is 352 g/mol. The molecule has 0 aromatic carbocycles. The standard InChI is InChI=1S/C15H28O9/c1-6-12(20)15(2,3)8(5-17)23-14(6)24-11-7(4-16)22-13(21)10(19)9(11)18/h6-14,16-21H,4-5H2,1-3H3/t6?,7?,8?,9?,10?,11?,12-,13?,14?/m0/s1. The van der Waals surface area contributed by atoms with E-state index in [9.17, 15) is 30.6 Å². The molecule has 2 fully saturated rings. The fourth-order valence-electron chi connectivity index (χ4n) is 3.30. The van der Waals surface area contributed by atoms with Crippen LogP contribution in [-0.4, -0.2) is 93.1 Å². The number of hydrogen-bond donors (Lipinski definition) is 6. The van der Waals surface area contributed by atoms with E-state index in [0.29, 0.717) is 0 Å². The number of ether oxygens (including phenoxy) is 3. The Labute approximate surface area is 140 Å². The van der Waals surface area contributed by atoms with Crippen LogP contribution in [0.15, 0.2) is 0 Å². The van der Waals surface area contributed by atoms with Gasteiger partial charge in [-0.1, -0.05) is 20.8 Å². The van der Waals surface area contributed by atoms with Crippen LogP contribution in [-0.2, 0) is 14.2 Å². The third kappa shape index (κ3) is 3.46. The molecule has 0 aromatic rings. The maximum absolute atomic E-state index is 10.5. The fourth-order valence-corrected chi connectivity index (χ4v) is 3.30. The van der Waals surface area contributed by atoms with E-state index in [-0.39, 0.29) is 6.61 Å². The molecule has 0 bridgehead atoms. The molecule has 0 aromatic heterocycles. The smallest absolute Gasteiger partial charge is 0.184 e. The van der Waals surface area contributed by atoms with Gasteiger partial charge < -0.3 is 44.8 Å². The third-order valence-electron chi connectivity index (χ3n) is 5.11. The van der Waals surface area contributed by atoms with Gasteiger partial charge in [0.25, 0.3) is 0 Å². The summed E-state index contributed by atoms with van der Waals surface area (Å²) in [5, 5.41) is 58.7. The second-order valence-corrected chi connectivity index (χ2v) is 7.13. The van der Waals surface area contributed by atoms with Gasteiger partial charge in [-0.3, -0.25) is 0 Å². The quantitative estimate of drug-likeness (QED) is 0.324. The molecule has 2 rings (SSSR count). The molecular weight excluding hydrogens is 324 g/mol. The van der Waals surface area contributed by atoms with Gasteiger partial charge in [0, 0.05) is 11.3 Å². The minimum Gasteiger partial charge on any atom is -0.394 e. The molecule has 2 aliphatic rings. The maximum Gasteiger partial charge on any atom is 0.184 e. The molecule has 0 saturated carbocycles. The minimum atomic E-state index is -1.64. The van der Waals surface area contributed by atoms with Crippen LogP contribution in [0, 0.1) is 11.3 Å². The van der Waals surface area contributed by atoms with E-state index in [1.165, 1.54) is 0 Å². The number of aliphatic hydroxyl groups is 6. The van der Waals surface area contributed by atoms with Crippen LogP contribution in [0.25, 0.3) is 0 Å². The van der Waals surface area contributed by atoms with Crippen molar-refractivity contribution in [3.63, 3.8) is 0 Å². The molecule has 2 aliphatic heterocycles. The molecule has 0 amide bonds. The SMILES string of the molecule is CC1C(OC2C(CO)OC(O)C(O)C2O)OC(CO)C(C)(C)[C@H]1O. The van der Waals surface area contributed by atoms with E-state index in [1.807, 2.05) is 0 Å². The Morgan fingerprint density at radius 2 is 1.58 bits per heavy atom. The fraction of sp³-hybridized carbons (Fsp3) is 1.00. The highest BCUT2D eigenvalue weighted by atomic mass is 16.7. The van der Waals surface area contributed by atoms with Crippen molar-refractivity contribution in [3.8, 4) is 0 Å². The van der Waals surface area contributed by atoms with Crippen molar-refractivity contribution in [2.45, 2.75) is 70.0 Å². The van der Waals surface area contributed by atoms with Gasteiger partial charge in [0.05, 0.1) is 25.4 Å². The van der Waals surface area contributed by atoms with Crippen molar-refractivity contribution in [2.75, 3.05) is 13.2 Å². The molecule has 0 aliphatic carbocycles. The monoisotopic (exact) mass is 352 g/mol. The van der Waals surface area contributed by atoms with E-state index < -0.39 is 67.1 Å². The first-order chi connectivity index (χ1) is 11.1. The molecular formula is C15H28O9. The van der Waals surface area contributed by atoms with Gasteiger partial charge in [0.15, 0.2) is 12.6 Å². The molecule has 142 valence electrons. The summed E-state index contributed by atoms with van der Waals surface area (Å²) in [6, 6.07) is 0. The summed E-state index contributed by atoms with van der Waals surface area (Å²) in [4.78, 5) is 0. The molecule has 8 unspecified atom stereocenters. The van der Waals surface area contributed by atoms with Gasteiger partial charge in [-0.2, -0.15) is 0 Å². The first-order valence-corrected chi connectivity index (χ1v) is 8.05. The Bertz CT molecular complexity index is 412. The lowest BCUT2D eigenvalue weighted by Crippen LogP contribution is -2.63. The van der Waals surface area contributed by atoms with Crippen LogP contribution in [0.3, 0.4) is 0 Å². The first-order valence-electron chi connectivity index (χ1n) is 8.05. The summed E-state index contributed by atoms with van der Waals surface area (Å²) < 4.78 is 16.4. The lowest BCUT2D eigenvalue weighted by molar-refractivity contribution is -0.351. The van der Waals surface area contributed by atoms with Crippen LogP contribution >= 0.6 is 0 Å². The van der Waals surface area contributed by atoms with Crippen LogP contribution in [0.2, 0.25) is 0 Å². The highest BCUT2D eigenvalue weighted by Crippen LogP contribution is 2.40. The van der Waals surface area contributed by atoms with Crippen LogP contribution in [0.1, 0.15) is 20.8 Å². The Kier molecular flexibility index (Phi) is 6.22. The minimum absolute atomic E-state index is 0.328. The molecule has 9 heteroatoms. The second-order valence-electron chi connectivity index (χ2n) is 7.13. The summed E-state index contributed by atoms with van der Waals surface area (Å²) in [6.45, 7) is 4.34. The van der Waals surface area contributed by atoms with Crippen molar-refractivity contribution in [1.29, 1.82) is 0 Å². The predicted octanol–water partition coefficient (Wildman–Crippen LogP) is -2.46. The van der Waals surface area contributed by atoms with Crippen LogP contribution in [0.5, 0.6) is 0 Å². The molecule has 9 atom stereocenters. The first kappa shape index (κ1) is 20.0. The summed E-state index contributed by atoms with van der Waals surface area (Å²) in [5.41, 5.74) is -0.707. The van der Waals surface area contributed by atoms with Gasteiger partial charge in [-0.25, -0.2) is 0 Å². The van der Waals surface area contributed by atoms with Gasteiger partial charge >= 0.3 is 0 Å². The zero-order chi connectivity index (χ0) is 18.2. The number of aliphatic hydroxyl groups excluding tert-OH is 6. The van der Waals surface area contributed by atoms with Crippen molar-refractivity contribution in [1.82, 2.24) is 0 Å². The normalized spacial score (nSPS) is 49.1. The van der Waals surface area contributed by atoms with E-state index in [0.717, 1.165) is 0 Å². The lowest BCUT2D eigenvalue weighted by atomic mass is 9.73. The van der Waals surface area contributed by atoms with E-state index in [1.54, 1.807) is 20.8 Å². The summed E-state index contributed by atoms with van der Waals surface area (Å²) >= 11 is 0. The predicted molar refractivity (Wildman–Crippen MR) is 79.6 cm³/mol. The number of hydrogen-bond acceptors (Lipinski definition) is 9. The molecule has 9 nitrogen and oxygen atoms in total. The Morgan fingerprint density at radius 1 is 0.958 bits per heavy atom. The Hall–Kier alpha value is -0.360. The molecule has 2 heterocycles. The highest BCUT2D eigenvalue weighted by molar-refractivity contribution is 4.96. The van der Waals surface area contributed by atoms with Gasteiger partial charge in [0.1, 0.15) is 24.4 Å². The largest absolute Gasteiger partial charge is 0.394 e. The van der Waals surface area contributed by atoms with Gasteiger partial charge in [0.2, 0.25) is 0 Å². The summed E-state index contributed by atoms with van der Waals surface area (Å²) in [5.74, 6) is -0.502. The molecule has 2 saturated heterocycles. The topological polar surface area (TPSA) is 149 Å². The summed E-state index contributed by atoms with van der Waals surface area (Å²) in [7, 11) is 0. The Morgan fingerprint density at radius 3 is 2.12 bits per heavy atom. The van der Waals surface area contributed by atoms with Crippen LogP contribution < -0.4 is 0 Å². The van der Waals surface area contributed by atoms with Crippen LogP contribution in [0.4, 0.5) is 0 Å². The lowest BCUT2D eigenvalue weighted by Gasteiger charge is -2.50. The third-order valence-corrected chi connectivity index (χ3v) is 5.11. The average Bonchev–Trinajstić information content (AvgIpc) is 2.55. The Balaban J connectivity index is 2.16. The van der Waals surface area contributed by atoms with Gasteiger partial charge in [-0.15, -0.1) is 0 Å². The van der Waals surface area contributed by atoms with Crippen molar-refractivity contribution in [3.05, 3.63) is 0 Å². The van der Waals surface area contributed by atoms with Crippen molar-refractivity contribution < 1.29 is 44.8 Å². The van der Waals surface area contributed by atoms with Gasteiger partial charge in [-0.05, 0) is 0 Å². The van der Waals surface area contributed by atoms with E-state index >= 15 is 0 Å². The zero-order valence-corrected chi connectivity index (χ0v) is 14.0. The maximum atomic E-state index is 10.5. The molecule has 24 heavy (non-hydrogen) atoms. The summed E-state index contributed by atoms with van der Waals surface area (Å²) in [6.07, 6.45) is -9.55. The zero-order valence-electron chi connectivity index (χ0n) is 14.0. The number of rotatable bonds is 4.